The number of hydrogen-bond donors (Lipinski definition) is 2. The molecule has 28 heavy (non-hydrogen) atoms. The second-order valence-electron chi connectivity index (χ2n) is 7.35. The van der Waals surface area contributed by atoms with Crippen LogP contribution in [0.4, 0.5) is 4.39 Å². The van der Waals surface area contributed by atoms with E-state index in [1.165, 1.54) is 28.9 Å². The second-order valence-corrected chi connectivity index (χ2v) is 7.75. The van der Waals surface area contributed by atoms with Crippen LogP contribution >= 0.6 is 11.6 Å². The summed E-state index contributed by atoms with van der Waals surface area (Å²) in [5.74, 6) is -1.79. The number of halogens is 2. The smallest absolute Gasteiger partial charge is 0.258 e. The van der Waals surface area contributed by atoms with E-state index in [2.05, 4.69) is 15.5 Å². The lowest BCUT2D eigenvalue weighted by Crippen LogP contribution is -2.43. The summed E-state index contributed by atoms with van der Waals surface area (Å²) in [5.41, 5.74) is 2.65. The third kappa shape index (κ3) is 3.25. The lowest BCUT2D eigenvalue weighted by molar-refractivity contribution is -0.133. The molecular formula is C19H19ClFN5O2. The van der Waals surface area contributed by atoms with Gasteiger partial charge in [-0.25, -0.2) is 9.07 Å². The Balaban J connectivity index is 2.29. The molecule has 1 aromatic heterocycles. The SMILES string of the molecule is CC(C)(C)n1nnnc1-c1cc(Cl)c(F)c(C(O)(C(N)=O)c2ccccc2)c1. The molecule has 0 bridgehead atoms. The predicted octanol–water partition coefficient (Wildman–Crippen LogP) is 2.61. The van der Waals surface area contributed by atoms with Crippen LogP contribution < -0.4 is 5.73 Å². The third-order valence-corrected chi connectivity index (χ3v) is 4.60. The monoisotopic (exact) mass is 403 g/mol. The average molecular weight is 404 g/mol. The van der Waals surface area contributed by atoms with Crippen LogP contribution in [-0.4, -0.2) is 31.2 Å². The van der Waals surface area contributed by atoms with E-state index in [1.807, 2.05) is 20.8 Å². The highest BCUT2D eigenvalue weighted by Gasteiger charge is 2.41. The first kappa shape index (κ1) is 19.9. The topological polar surface area (TPSA) is 107 Å². The maximum Gasteiger partial charge on any atom is 0.258 e. The molecule has 9 heteroatoms. The number of primary amides is 1. The van der Waals surface area contributed by atoms with E-state index >= 15 is 0 Å². The van der Waals surface area contributed by atoms with Gasteiger partial charge in [0.2, 0.25) is 0 Å². The van der Waals surface area contributed by atoms with Crippen molar-refractivity contribution in [3.05, 3.63) is 64.4 Å². The Morgan fingerprint density at radius 3 is 2.43 bits per heavy atom. The van der Waals surface area contributed by atoms with Crippen LogP contribution in [0.1, 0.15) is 31.9 Å². The van der Waals surface area contributed by atoms with Crippen molar-refractivity contribution in [1.29, 1.82) is 0 Å². The van der Waals surface area contributed by atoms with Crippen molar-refractivity contribution >= 4 is 17.5 Å². The maximum atomic E-state index is 14.9. The summed E-state index contributed by atoms with van der Waals surface area (Å²) < 4.78 is 16.5. The minimum atomic E-state index is -2.43. The summed E-state index contributed by atoms with van der Waals surface area (Å²) >= 11 is 6.08. The van der Waals surface area contributed by atoms with Crippen molar-refractivity contribution in [2.75, 3.05) is 0 Å². The van der Waals surface area contributed by atoms with Gasteiger partial charge >= 0.3 is 0 Å². The summed E-state index contributed by atoms with van der Waals surface area (Å²) in [7, 11) is 0. The molecule has 1 unspecified atom stereocenters. The van der Waals surface area contributed by atoms with E-state index in [0.29, 0.717) is 11.4 Å². The van der Waals surface area contributed by atoms with Crippen molar-refractivity contribution in [2.24, 2.45) is 5.73 Å². The molecule has 3 N–H and O–H groups in total. The molecule has 1 amide bonds. The quantitative estimate of drug-likeness (QED) is 0.696. The molecule has 7 nitrogen and oxygen atoms in total. The fraction of sp³-hybridized carbons (Fsp3) is 0.263. The minimum Gasteiger partial charge on any atom is -0.372 e. The summed E-state index contributed by atoms with van der Waals surface area (Å²) in [6, 6.07) is 10.5. The second kappa shape index (κ2) is 6.96. The number of nitrogens with two attached hydrogens (primary N) is 1. The van der Waals surface area contributed by atoms with Crippen LogP contribution in [0.5, 0.6) is 0 Å². The van der Waals surface area contributed by atoms with Crippen LogP contribution in [-0.2, 0) is 15.9 Å². The number of aliphatic hydroxyl groups is 1. The van der Waals surface area contributed by atoms with Crippen molar-refractivity contribution in [3.8, 4) is 11.4 Å². The van der Waals surface area contributed by atoms with Crippen LogP contribution in [0.25, 0.3) is 11.4 Å². The minimum absolute atomic E-state index is 0.116. The molecule has 0 saturated carbocycles. The van der Waals surface area contributed by atoms with Gasteiger partial charge in [0, 0.05) is 11.1 Å². The number of aromatic nitrogens is 4. The third-order valence-electron chi connectivity index (χ3n) is 4.33. The molecule has 0 aliphatic heterocycles. The van der Waals surface area contributed by atoms with Crippen molar-refractivity contribution < 1.29 is 14.3 Å². The first-order chi connectivity index (χ1) is 13.1. The summed E-state index contributed by atoms with van der Waals surface area (Å²) in [5, 5.41) is 22.5. The molecule has 0 fully saturated rings. The Bertz CT molecular complexity index is 1030. The van der Waals surface area contributed by atoms with Crippen LogP contribution in [0, 0.1) is 5.82 Å². The zero-order valence-electron chi connectivity index (χ0n) is 15.5. The molecule has 1 heterocycles. The Kier molecular flexibility index (Phi) is 4.95. The Morgan fingerprint density at radius 2 is 1.86 bits per heavy atom. The molecule has 0 spiro atoms. The van der Waals surface area contributed by atoms with Gasteiger partial charge in [0.05, 0.1) is 10.6 Å². The highest BCUT2D eigenvalue weighted by molar-refractivity contribution is 6.31. The first-order valence-electron chi connectivity index (χ1n) is 8.43. The van der Waals surface area contributed by atoms with Crippen molar-refractivity contribution in [2.45, 2.75) is 31.9 Å². The van der Waals surface area contributed by atoms with Crippen LogP contribution in [0.2, 0.25) is 5.02 Å². The zero-order valence-corrected chi connectivity index (χ0v) is 16.3. The molecule has 3 aromatic rings. The summed E-state index contributed by atoms with van der Waals surface area (Å²) in [6.45, 7) is 5.67. The number of carbonyl (C=O) groups is 1. The van der Waals surface area contributed by atoms with E-state index < -0.39 is 22.9 Å². The fourth-order valence-corrected chi connectivity index (χ4v) is 3.13. The van der Waals surface area contributed by atoms with Gasteiger partial charge in [-0.05, 0) is 48.9 Å². The predicted molar refractivity (Wildman–Crippen MR) is 102 cm³/mol. The number of tetrazole rings is 1. The number of rotatable bonds is 4. The van der Waals surface area contributed by atoms with E-state index in [4.69, 9.17) is 17.3 Å². The number of hydrogen-bond acceptors (Lipinski definition) is 5. The van der Waals surface area contributed by atoms with Gasteiger partial charge in [-0.3, -0.25) is 4.79 Å². The van der Waals surface area contributed by atoms with Crippen molar-refractivity contribution in [3.63, 3.8) is 0 Å². The lowest BCUT2D eigenvalue weighted by Gasteiger charge is -2.27. The van der Waals surface area contributed by atoms with Gasteiger partial charge < -0.3 is 10.8 Å². The summed E-state index contributed by atoms with van der Waals surface area (Å²) in [4.78, 5) is 12.2. The van der Waals surface area contributed by atoms with Gasteiger partial charge in [-0.2, -0.15) is 0 Å². The highest BCUT2D eigenvalue weighted by atomic mass is 35.5. The molecule has 0 radical (unpaired) electrons. The van der Waals surface area contributed by atoms with E-state index in [9.17, 15) is 14.3 Å². The summed E-state index contributed by atoms with van der Waals surface area (Å²) in [6.07, 6.45) is 0. The van der Waals surface area contributed by atoms with Gasteiger partial charge in [0.25, 0.3) is 5.91 Å². The van der Waals surface area contributed by atoms with Gasteiger partial charge in [0.1, 0.15) is 5.82 Å². The van der Waals surface area contributed by atoms with E-state index in [1.54, 1.807) is 18.2 Å². The zero-order chi connectivity index (χ0) is 20.7. The normalized spacial score (nSPS) is 13.9. The molecule has 0 aliphatic rings. The Morgan fingerprint density at radius 1 is 1.21 bits per heavy atom. The Hall–Kier alpha value is -2.84. The van der Waals surface area contributed by atoms with E-state index in [0.717, 1.165) is 0 Å². The van der Waals surface area contributed by atoms with Gasteiger partial charge in [0.15, 0.2) is 11.4 Å². The molecule has 2 aromatic carbocycles. The largest absolute Gasteiger partial charge is 0.372 e. The van der Waals surface area contributed by atoms with E-state index in [-0.39, 0.29) is 16.1 Å². The van der Waals surface area contributed by atoms with Crippen LogP contribution in [0.15, 0.2) is 42.5 Å². The Labute approximate surface area is 165 Å². The maximum absolute atomic E-state index is 14.9. The van der Waals surface area contributed by atoms with Crippen molar-refractivity contribution in [1.82, 2.24) is 20.2 Å². The number of nitrogens with zero attached hydrogens (tertiary/aromatic N) is 4. The first-order valence-corrected chi connectivity index (χ1v) is 8.81. The van der Waals surface area contributed by atoms with Crippen LogP contribution in [0.3, 0.4) is 0 Å². The standard InChI is InChI=1S/C19H19ClFN5O2/c1-18(2,3)26-16(23-24-25-26)11-9-13(15(21)14(20)10-11)19(28,17(22)27)12-7-5-4-6-8-12/h4-10,28H,1-3H3,(H2,22,27). The molecular weight excluding hydrogens is 385 g/mol. The molecule has 146 valence electrons. The highest BCUT2D eigenvalue weighted by Crippen LogP contribution is 2.37. The average Bonchev–Trinajstić information content (AvgIpc) is 3.14. The van der Waals surface area contributed by atoms with Gasteiger partial charge in [-0.15, -0.1) is 5.10 Å². The van der Waals surface area contributed by atoms with Gasteiger partial charge in [-0.1, -0.05) is 41.9 Å². The molecule has 0 saturated heterocycles. The number of carbonyl (C=O) groups excluding carboxylic acids is 1. The molecule has 3 rings (SSSR count). The number of benzene rings is 2. The molecule has 1 atom stereocenters. The fourth-order valence-electron chi connectivity index (χ4n) is 2.91. The lowest BCUT2D eigenvalue weighted by atomic mass is 9.84. The molecule has 0 aliphatic carbocycles. The number of amides is 1.